The van der Waals surface area contributed by atoms with Gasteiger partial charge >= 0.3 is 0 Å². The SMILES string of the molecule is COc1cc(C(=O)N2CCN(S(=O)(=O)N3CCN(C)CC3)CC2)cc(OC)c1C. The molecule has 0 saturated carbocycles. The average molecular weight is 427 g/mol. The summed E-state index contributed by atoms with van der Waals surface area (Å²) in [5, 5.41) is 0. The molecule has 10 heteroatoms. The topological polar surface area (TPSA) is 82.6 Å². The van der Waals surface area contributed by atoms with Crippen LogP contribution in [0.5, 0.6) is 11.5 Å². The first kappa shape index (κ1) is 21.8. The molecule has 0 unspecified atom stereocenters. The number of piperazine rings is 2. The molecule has 29 heavy (non-hydrogen) atoms. The molecular weight excluding hydrogens is 396 g/mol. The lowest BCUT2D eigenvalue weighted by Crippen LogP contribution is -2.57. The molecular formula is C19H30N4O5S. The minimum atomic E-state index is -3.49. The van der Waals surface area contributed by atoms with E-state index in [4.69, 9.17) is 9.47 Å². The Kier molecular flexibility index (Phi) is 6.67. The summed E-state index contributed by atoms with van der Waals surface area (Å²) < 4.78 is 39.5. The monoisotopic (exact) mass is 426 g/mol. The van der Waals surface area contributed by atoms with Crippen molar-refractivity contribution in [3.8, 4) is 11.5 Å². The number of benzene rings is 1. The number of carbonyl (C=O) groups excluding carboxylic acids is 1. The third kappa shape index (κ3) is 4.50. The number of nitrogens with zero attached hydrogens (tertiary/aromatic N) is 4. The van der Waals surface area contributed by atoms with Gasteiger partial charge in [0.05, 0.1) is 14.2 Å². The van der Waals surface area contributed by atoms with Crippen molar-refractivity contribution in [2.45, 2.75) is 6.92 Å². The number of amides is 1. The van der Waals surface area contributed by atoms with Crippen LogP contribution < -0.4 is 9.47 Å². The fourth-order valence-electron chi connectivity index (χ4n) is 3.70. The Labute approximate surface area is 172 Å². The molecule has 162 valence electrons. The van der Waals surface area contributed by atoms with Crippen molar-refractivity contribution < 1.29 is 22.7 Å². The first-order valence-corrected chi connectivity index (χ1v) is 11.1. The van der Waals surface area contributed by atoms with Crippen LogP contribution in [0.25, 0.3) is 0 Å². The molecule has 0 atom stereocenters. The number of hydrogen-bond acceptors (Lipinski definition) is 6. The summed E-state index contributed by atoms with van der Waals surface area (Å²) in [6.07, 6.45) is 0. The van der Waals surface area contributed by atoms with Gasteiger partial charge in [0.2, 0.25) is 0 Å². The Bertz CT molecular complexity index is 819. The predicted octanol–water partition coefficient (Wildman–Crippen LogP) is 0.262. The van der Waals surface area contributed by atoms with Crippen LogP contribution in [0.15, 0.2) is 12.1 Å². The maximum Gasteiger partial charge on any atom is 0.282 e. The van der Waals surface area contributed by atoms with Crippen molar-refractivity contribution in [1.82, 2.24) is 18.4 Å². The van der Waals surface area contributed by atoms with Gasteiger partial charge in [-0.2, -0.15) is 17.0 Å². The fourth-order valence-corrected chi connectivity index (χ4v) is 5.27. The fraction of sp³-hybridized carbons (Fsp3) is 0.632. The number of rotatable bonds is 5. The molecule has 2 heterocycles. The minimum absolute atomic E-state index is 0.154. The van der Waals surface area contributed by atoms with E-state index in [-0.39, 0.29) is 5.91 Å². The van der Waals surface area contributed by atoms with Crippen LogP contribution in [-0.4, -0.2) is 106 Å². The van der Waals surface area contributed by atoms with E-state index in [1.54, 1.807) is 35.6 Å². The van der Waals surface area contributed by atoms with Gasteiger partial charge in [0.15, 0.2) is 0 Å². The molecule has 1 aromatic rings. The van der Waals surface area contributed by atoms with Gasteiger partial charge in [0.25, 0.3) is 16.1 Å². The van der Waals surface area contributed by atoms with E-state index in [2.05, 4.69) is 4.90 Å². The molecule has 2 aliphatic rings. The van der Waals surface area contributed by atoms with Crippen molar-refractivity contribution in [2.24, 2.45) is 0 Å². The molecule has 2 fully saturated rings. The number of likely N-dealkylation sites (N-methyl/N-ethyl adjacent to an activating group) is 1. The van der Waals surface area contributed by atoms with Gasteiger partial charge in [-0.25, -0.2) is 0 Å². The Morgan fingerprint density at radius 3 is 1.76 bits per heavy atom. The molecule has 3 rings (SSSR count). The van der Waals surface area contributed by atoms with Crippen LogP contribution in [0, 0.1) is 6.92 Å². The Morgan fingerprint density at radius 1 is 0.862 bits per heavy atom. The number of carbonyl (C=O) groups is 1. The number of hydrogen-bond donors (Lipinski definition) is 0. The summed E-state index contributed by atoms with van der Waals surface area (Å²) in [5.41, 5.74) is 1.30. The first-order valence-electron chi connectivity index (χ1n) is 9.73. The van der Waals surface area contributed by atoms with E-state index >= 15 is 0 Å². The van der Waals surface area contributed by atoms with Gasteiger partial charge in [-0.15, -0.1) is 0 Å². The van der Waals surface area contributed by atoms with Crippen molar-refractivity contribution in [1.29, 1.82) is 0 Å². The summed E-state index contributed by atoms with van der Waals surface area (Å²) in [6, 6.07) is 3.40. The summed E-state index contributed by atoms with van der Waals surface area (Å²) >= 11 is 0. The van der Waals surface area contributed by atoms with Gasteiger partial charge in [-0.05, 0) is 26.1 Å². The van der Waals surface area contributed by atoms with Crippen LogP contribution in [0.1, 0.15) is 15.9 Å². The lowest BCUT2D eigenvalue weighted by molar-refractivity contribution is 0.0691. The highest BCUT2D eigenvalue weighted by molar-refractivity contribution is 7.86. The van der Waals surface area contributed by atoms with E-state index in [0.717, 1.165) is 18.7 Å². The van der Waals surface area contributed by atoms with Crippen LogP contribution in [0.3, 0.4) is 0 Å². The third-order valence-electron chi connectivity index (χ3n) is 5.64. The van der Waals surface area contributed by atoms with Crippen LogP contribution in [0.4, 0.5) is 0 Å². The van der Waals surface area contributed by atoms with E-state index in [1.807, 2.05) is 14.0 Å². The number of methoxy groups -OCH3 is 2. The highest BCUT2D eigenvalue weighted by Gasteiger charge is 2.35. The molecule has 1 amide bonds. The molecule has 0 radical (unpaired) electrons. The zero-order valence-electron chi connectivity index (χ0n) is 17.5. The molecule has 0 aromatic heterocycles. The lowest BCUT2D eigenvalue weighted by atomic mass is 10.1. The van der Waals surface area contributed by atoms with Gasteiger partial charge in [-0.3, -0.25) is 4.79 Å². The summed E-state index contributed by atoms with van der Waals surface area (Å²) in [6.45, 7) is 5.62. The number of ether oxygens (including phenoxy) is 2. The van der Waals surface area contributed by atoms with E-state index < -0.39 is 10.2 Å². The molecule has 0 aliphatic carbocycles. The Morgan fingerprint density at radius 2 is 1.31 bits per heavy atom. The molecule has 0 N–H and O–H groups in total. The van der Waals surface area contributed by atoms with Crippen LogP contribution in [-0.2, 0) is 10.2 Å². The predicted molar refractivity (Wildman–Crippen MR) is 110 cm³/mol. The van der Waals surface area contributed by atoms with E-state index in [9.17, 15) is 13.2 Å². The largest absolute Gasteiger partial charge is 0.496 e. The zero-order chi connectivity index (χ0) is 21.2. The van der Waals surface area contributed by atoms with Crippen molar-refractivity contribution in [3.63, 3.8) is 0 Å². The van der Waals surface area contributed by atoms with E-state index in [1.165, 1.54) is 4.31 Å². The third-order valence-corrected chi connectivity index (χ3v) is 7.68. The molecule has 0 spiro atoms. The maximum atomic E-state index is 13.0. The Balaban J connectivity index is 1.67. The molecule has 2 aliphatic heterocycles. The van der Waals surface area contributed by atoms with Gasteiger partial charge in [0.1, 0.15) is 11.5 Å². The molecule has 2 saturated heterocycles. The standard InChI is InChI=1S/C19H30N4O5S/c1-15-17(27-3)13-16(14-18(15)28-4)19(24)21-7-11-23(12-8-21)29(25,26)22-9-5-20(2)6-10-22/h13-14H,5-12H2,1-4H3. The lowest BCUT2D eigenvalue weighted by Gasteiger charge is -2.39. The highest BCUT2D eigenvalue weighted by Crippen LogP contribution is 2.30. The van der Waals surface area contributed by atoms with Crippen molar-refractivity contribution in [3.05, 3.63) is 23.3 Å². The van der Waals surface area contributed by atoms with Gasteiger partial charge < -0.3 is 19.3 Å². The molecule has 1 aromatic carbocycles. The van der Waals surface area contributed by atoms with E-state index in [0.29, 0.717) is 56.3 Å². The normalized spacial score (nSPS) is 19.9. The minimum Gasteiger partial charge on any atom is -0.496 e. The molecule has 0 bridgehead atoms. The average Bonchev–Trinajstić information content (AvgIpc) is 2.73. The quantitative estimate of drug-likeness (QED) is 0.672. The Hall–Kier alpha value is -1.88. The first-order chi connectivity index (χ1) is 13.8. The second-order valence-corrected chi connectivity index (χ2v) is 9.34. The van der Waals surface area contributed by atoms with Crippen LogP contribution in [0.2, 0.25) is 0 Å². The molecule has 9 nitrogen and oxygen atoms in total. The van der Waals surface area contributed by atoms with Gasteiger partial charge in [0, 0.05) is 63.5 Å². The smallest absolute Gasteiger partial charge is 0.282 e. The zero-order valence-corrected chi connectivity index (χ0v) is 18.4. The second kappa shape index (κ2) is 8.86. The van der Waals surface area contributed by atoms with Gasteiger partial charge in [-0.1, -0.05) is 0 Å². The highest BCUT2D eigenvalue weighted by atomic mass is 32.2. The second-order valence-electron chi connectivity index (χ2n) is 7.41. The maximum absolute atomic E-state index is 13.0. The summed E-state index contributed by atoms with van der Waals surface area (Å²) in [4.78, 5) is 16.8. The van der Waals surface area contributed by atoms with Crippen molar-refractivity contribution >= 4 is 16.1 Å². The van der Waals surface area contributed by atoms with Crippen molar-refractivity contribution in [2.75, 3.05) is 73.6 Å². The summed E-state index contributed by atoms with van der Waals surface area (Å²) in [7, 11) is 1.61. The summed E-state index contributed by atoms with van der Waals surface area (Å²) in [5.74, 6) is 1.02. The van der Waals surface area contributed by atoms with Crippen LogP contribution >= 0.6 is 0 Å².